The van der Waals surface area contributed by atoms with Gasteiger partial charge in [0.25, 0.3) is 0 Å². The number of halogens is 1. The molecule has 0 saturated carbocycles. The van der Waals surface area contributed by atoms with Crippen molar-refractivity contribution in [1.29, 1.82) is 5.26 Å². The van der Waals surface area contributed by atoms with Crippen LogP contribution < -0.4 is 4.74 Å². The summed E-state index contributed by atoms with van der Waals surface area (Å²) < 4.78 is 18.1. The number of aromatic hydroxyl groups is 1. The number of hydrogen-bond acceptors (Lipinski definition) is 3. The van der Waals surface area contributed by atoms with Gasteiger partial charge in [0.15, 0.2) is 0 Å². The Balaban J connectivity index is 3.26. The van der Waals surface area contributed by atoms with Crippen LogP contribution in [0.1, 0.15) is 18.4 Å². The van der Waals surface area contributed by atoms with Crippen molar-refractivity contribution in [3.8, 4) is 17.6 Å². The number of ether oxygens (including phenoxy) is 1. The number of nitriles is 1. The van der Waals surface area contributed by atoms with Crippen molar-refractivity contribution in [1.82, 2.24) is 0 Å². The van der Waals surface area contributed by atoms with Crippen LogP contribution in [-0.2, 0) is 0 Å². The molecule has 3 nitrogen and oxygen atoms in total. The molecule has 0 heterocycles. The first-order chi connectivity index (χ1) is 6.60. The monoisotopic (exact) mass is 195 g/mol. The summed E-state index contributed by atoms with van der Waals surface area (Å²) in [5.74, 6) is -1.33. The Morgan fingerprint density at radius 1 is 1.57 bits per heavy atom. The van der Waals surface area contributed by atoms with Gasteiger partial charge in [-0.2, -0.15) is 5.26 Å². The van der Waals surface area contributed by atoms with Gasteiger partial charge in [0.05, 0.1) is 19.1 Å². The van der Waals surface area contributed by atoms with Gasteiger partial charge in [-0.3, -0.25) is 0 Å². The number of phenolic OH excluding ortho intramolecular Hbond substituents is 1. The summed E-state index contributed by atoms with van der Waals surface area (Å²) >= 11 is 0. The van der Waals surface area contributed by atoms with Crippen molar-refractivity contribution >= 4 is 0 Å². The highest BCUT2D eigenvalue weighted by Gasteiger charge is 2.16. The Bertz CT molecular complexity index is 361. The van der Waals surface area contributed by atoms with Crippen molar-refractivity contribution in [2.75, 3.05) is 7.11 Å². The van der Waals surface area contributed by atoms with E-state index in [1.165, 1.54) is 20.1 Å². The van der Waals surface area contributed by atoms with Crippen molar-refractivity contribution in [3.05, 3.63) is 23.5 Å². The number of rotatable bonds is 2. The molecular weight excluding hydrogens is 185 g/mol. The zero-order valence-corrected chi connectivity index (χ0v) is 7.91. The Kier molecular flexibility index (Phi) is 2.92. The normalized spacial score (nSPS) is 11.9. The first-order valence-corrected chi connectivity index (χ1v) is 4.06. The minimum Gasteiger partial charge on any atom is -0.507 e. The van der Waals surface area contributed by atoms with Crippen molar-refractivity contribution in [3.63, 3.8) is 0 Å². The van der Waals surface area contributed by atoms with E-state index >= 15 is 0 Å². The predicted octanol–water partition coefficient (Wildman–Crippen LogP) is 2.17. The summed E-state index contributed by atoms with van der Waals surface area (Å²) in [7, 11) is 1.38. The molecule has 0 spiro atoms. The summed E-state index contributed by atoms with van der Waals surface area (Å²) in [5, 5.41) is 18.0. The number of methoxy groups -OCH3 is 1. The third-order valence-electron chi connectivity index (χ3n) is 1.94. The molecule has 1 aromatic rings. The lowest BCUT2D eigenvalue weighted by Crippen LogP contribution is -1.96. The molecule has 0 fully saturated rings. The van der Waals surface area contributed by atoms with Crippen molar-refractivity contribution in [2.24, 2.45) is 0 Å². The predicted molar refractivity (Wildman–Crippen MR) is 48.6 cm³/mol. The number of phenols is 1. The first-order valence-electron chi connectivity index (χ1n) is 4.06. The third kappa shape index (κ3) is 1.77. The fourth-order valence-corrected chi connectivity index (χ4v) is 1.19. The summed E-state index contributed by atoms with van der Waals surface area (Å²) in [6, 6.07) is 4.29. The molecule has 0 aliphatic rings. The van der Waals surface area contributed by atoms with Crippen molar-refractivity contribution < 1.29 is 14.2 Å². The van der Waals surface area contributed by atoms with Gasteiger partial charge in [0.2, 0.25) is 0 Å². The van der Waals surface area contributed by atoms with Crippen LogP contribution in [0.2, 0.25) is 0 Å². The molecule has 0 aliphatic heterocycles. The van der Waals surface area contributed by atoms with Crippen LogP contribution in [0, 0.1) is 17.1 Å². The molecule has 1 unspecified atom stereocenters. The van der Waals surface area contributed by atoms with E-state index < -0.39 is 11.7 Å². The zero-order valence-electron chi connectivity index (χ0n) is 7.91. The van der Waals surface area contributed by atoms with Gasteiger partial charge in [0.1, 0.15) is 17.3 Å². The average molecular weight is 195 g/mol. The lowest BCUT2D eigenvalue weighted by atomic mass is 10.0. The topological polar surface area (TPSA) is 53.2 Å². The second kappa shape index (κ2) is 3.97. The smallest absolute Gasteiger partial charge is 0.135 e. The largest absolute Gasteiger partial charge is 0.507 e. The van der Waals surface area contributed by atoms with E-state index in [9.17, 15) is 9.50 Å². The number of benzene rings is 1. The summed E-state index contributed by atoms with van der Waals surface area (Å²) in [6.07, 6.45) is 0. The molecule has 74 valence electrons. The molecule has 14 heavy (non-hydrogen) atoms. The fraction of sp³-hybridized carbons (Fsp3) is 0.300. The Morgan fingerprint density at radius 2 is 2.21 bits per heavy atom. The average Bonchev–Trinajstić information content (AvgIpc) is 2.16. The molecule has 1 aromatic carbocycles. The Morgan fingerprint density at radius 3 is 2.64 bits per heavy atom. The Hall–Kier alpha value is -1.76. The molecule has 4 heteroatoms. The van der Waals surface area contributed by atoms with Gasteiger partial charge >= 0.3 is 0 Å². The fourth-order valence-electron chi connectivity index (χ4n) is 1.19. The van der Waals surface area contributed by atoms with Gasteiger partial charge in [-0.25, -0.2) is 4.39 Å². The summed E-state index contributed by atoms with van der Waals surface area (Å²) in [5.41, 5.74) is 0.00769. The van der Waals surface area contributed by atoms with Gasteiger partial charge in [-0.15, -0.1) is 0 Å². The molecule has 0 aromatic heterocycles. The van der Waals surface area contributed by atoms with Gasteiger partial charge in [-0.05, 0) is 6.92 Å². The highest BCUT2D eigenvalue weighted by molar-refractivity contribution is 5.44. The van der Waals surface area contributed by atoms with Crippen LogP contribution in [0.25, 0.3) is 0 Å². The van der Waals surface area contributed by atoms with Crippen LogP contribution in [0.5, 0.6) is 11.5 Å². The maximum absolute atomic E-state index is 13.3. The van der Waals surface area contributed by atoms with Crippen LogP contribution >= 0.6 is 0 Å². The van der Waals surface area contributed by atoms with E-state index in [0.717, 1.165) is 6.07 Å². The second-order valence-corrected chi connectivity index (χ2v) is 2.89. The van der Waals surface area contributed by atoms with Crippen LogP contribution in [0.3, 0.4) is 0 Å². The molecule has 1 atom stereocenters. The minimum absolute atomic E-state index is 0.00769. The summed E-state index contributed by atoms with van der Waals surface area (Å²) in [4.78, 5) is 0. The summed E-state index contributed by atoms with van der Waals surface area (Å²) in [6.45, 7) is 1.52. The van der Waals surface area contributed by atoms with E-state index in [0.29, 0.717) is 0 Å². The number of nitrogens with zero attached hydrogens (tertiary/aromatic N) is 1. The number of hydrogen-bond donors (Lipinski definition) is 1. The van der Waals surface area contributed by atoms with E-state index in [4.69, 9.17) is 10.00 Å². The zero-order chi connectivity index (χ0) is 10.7. The quantitative estimate of drug-likeness (QED) is 0.786. The molecule has 0 radical (unpaired) electrons. The maximum atomic E-state index is 13.3. The second-order valence-electron chi connectivity index (χ2n) is 2.89. The molecular formula is C10H10FNO2. The first kappa shape index (κ1) is 10.3. The van der Waals surface area contributed by atoms with Gasteiger partial charge < -0.3 is 9.84 Å². The molecule has 0 saturated heterocycles. The highest BCUT2D eigenvalue weighted by atomic mass is 19.1. The molecule has 0 aliphatic carbocycles. The van der Waals surface area contributed by atoms with Crippen LogP contribution in [0.15, 0.2) is 12.1 Å². The standard InChI is InChI=1S/C10H10FNO2/c1-6(5-12)10-8(11)3-7(14-2)4-9(10)13/h3-4,6,13H,1-2H3. The third-order valence-corrected chi connectivity index (χ3v) is 1.94. The van der Waals surface area contributed by atoms with E-state index in [1.54, 1.807) is 0 Å². The minimum atomic E-state index is -0.680. The van der Waals surface area contributed by atoms with Gasteiger partial charge in [0, 0.05) is 17.7 Å². The van der Waals surface area contributed by atoms with E-state index in [2.05, 4.69) is 0 Å². The highest BCUT2D eigenvalue weighted by Crippen LogP contribution is 2.31. The van der Waals surface area contributed by atoms with E-state index in [1.807, 2.05) is 6.07 Å². The molecule has 0 amide bonds. The molecule has 1 rings (SSSR count). The lowest BCUT2D eigenvalue weighted by molar-refractivity contribution is 0.399. The molecule has 1 N–H and O–H groups in total. The van der Waals surface area contributed by atoms with Crippen LogP contribution in [-0.4, -0.2) is 12.2 Å². The van der Waals surface area contributed by atoms with E-state index in [-0.39, 0.29) is 17.1 Å². The SMILES string of the molecule is COc1cc(O)c(C(C)C#N)c(F)c1. The Labute approximate surface area is 81.4 Å². The molecule has 0 bridgehead atoms. The van der Waals surface area contributed by atoms with Crippen LogP contribution in [0.4, 0.5) is 4.39 Å². The van der Waals surface area contributed by atoms with Gasteiger partial charge in [-0.1, -0.05) is 0 Å². The van der Waals surface area contributed by atoms with Crippen molar-refractivity contribution in [2.45, 2.75) is 12.8 Å². The maximum Gasteiger partial charge on any atom is 0.135 e. The lowest BCUT2D eigenvalue weighted by Gasteiger charge is -2.09.